The van der Waals surface area contributed by atoms with Crippen LogP contribution in [-0.4, -0.2) is 75.5 Å². The third-order valence-corrected chi connectivity index (χ3v) is 4.04. The summed E-state index contributed by atoms with van der Waals surface area (Å²) in [5.74, 6) is 0.867. The Labute approximate surface area is 168 Å². The van der Waals surface area contributed by atoms with Gasteiger partial charge in [-0.15, -0.1) is 24.0 Å². The van der Waals surface area contributed by atoms with Crippen LogP contribution in [0.3, 0.4) is 0 Å². The third kappa shape index (κ3) is 9.83. The number of piperidine rings is 1. The summed E-state index contributed by atoms with van der Waals surface area (Å²) >= 11 is 0. The molecule has 0 unspecified atom stereocenters. The van der Waals surface area contributed by atoms with Crippen LogP contribution in [0.1, 0.15) is 26.7 Å². The van der Waals surface area contributed by atoms with Gasteiger partial charge < -0.3 is 21.3 Å². The van der Waals surface area contributed by atoms with E-state index in [0.29, 0.717) is 25.7 Å². The molecule has 25 heavy (non-hydrogen) atoms. The normalized spacial score (nSPS) is 16.1. The minimum atomic E-state index is 0. The van der Waals surface area contributed by atoms with Crippen LogP contribution in [-0.2, 0) is 9.59 Å². The second-order valence-corrected chi connectivity index (χ2v) is 6.31. The predicted molar refractivity (Wildman–Crippen MR) is 111 cm³/mol. The summed E-state index contributed by atoms with van der Waals surface area (Å²) in [4.78, 5) is 29.3. The molecule has 0 saturated carbocycles. The van der Waals surface area contributed by atoms with E-state index in [1.165, 1.54) is 0 Å². The van der Waals surface area contributed by atoms with Crippen LogP contribution in [0, 0.1) is 5.92 Å². The van der Waals surface area contributed by atoms with Gasteiger partial charge in [-0.05, 0) is 12.8 Å². The van der Waals surface area contributed by atoms with Gasteiger partial charge >= 0.3 is 0 Å². The summed E-state index contributed by atoms with van der Waals surface area (Å²) in [5, 5.41) is 12.1. The summed E-state index contributed by atoms with van der Waals surface area (Å²) in [5.41, 5.74) is 0. The van der Waals surface area contributed by atoms with Gasteiger partial charge in [0.15, 0.2) is 5.96 Å². The molecular weight excluding hydrogens is 435 g/mol. The van der Waals surface area contributed by atoms with Crippen LogP contribution < -0.4 is 21.3 Å². The number of aliphatic imine (C=N–C) groups is 1. The molecule has 0 aromatic heterocycles. The number of carbonyl (C=O) groups is 2. The highest BCUT2D eigenvalue weighted by atomic mass is 127. The maximum absolute atomic E-state index is 11.5. The van der Waals surface area contributed by atoms with E-state index >= 15 is 0 Å². The average molecular weight is 468 g/mol. The van der Waals surface area contributed by atoms with Gasteiger partial charge in [-0.1, -0.05) is 13.8 Å². The zero-order valence-corrected chi connectivity index (χ0v) is 18.1. The van der Waals surface area contributed by atoms with E-state index in [0.717, 1.165) is 31.9 Å². The number of hydrogen-bond acceptors (Lipinski definition) is 4. The minimum absolute atomic E-state index is 0. The molecule has 9 heteroatoms. The van der Waals surface area contributed by atoms with Crippen molar-refractivity contribution >= 4 is 41.8 Å². The first-order valence-corrected chi connectivity index (χ1v) is 8.64. The number of amides is 2. The van der Waals surface area contributed by atoms with Gasteiger partial charge in [0.25, 0.3) is 0 Å². The Kier molecular flexibility index (Phi) is 12.6. The van der Waals surface area contributed by atoms with Crippen molar-refractivity contribution in [1.29, 1.82) is 0 Å². The lowest BCUT2D eigenvalue weighted by molar-refractivity contribution is -0.124. The molecule has 1 aliphatic rings. The Balaban J connectivity index is 0.00000576. The Bertz CT molecular complexity index is 436. The van der Waals surface area contributed by atoms with Gasteiger partial charge in [0.2, 0.25) is 11.8 Å². The number of nitrogens with one attached hydrogen (secondary N) is 4. The molecule has 0 aliphatic carbocycles. The molecule has 1 fully saturated rings. The first kappa shape index (κ1) is 23.9. The minimum Gasteiger partial charge on any atom is -0.358 e. The number of nitrogens with zero attached hydrogens (tertiary/aromatic N) is 2. The maximum atomic E-state index is 11.5. The van der Waals surface area contributed by atoms with E-state index in [-0.39, 0.29) is 41.7 Å². The summed E-state index contributed by atoms with van der Waals surface area (Å²) in [7, 11) is 3.40. The van der Waals surface area contributed by atoms with E-state index in [9.17, 15) is 9.59 Å². The number of rotatable bonds is 7. The molecule has 0 bridgehead atoms. The first-order chi connectivity index (χ1) is 11.5. The lowest BCUT2D eigenvalue weighted by Crippen LogP contribution is -2.50. The van der Waals surface area contributed by atoms with Crippen LogP contribution in [0.2, 0.25) is 0 Å². The average Bonchev–Trinajstić information content (AvgIpc) is 2.58. The van der Waals surface area contributed by atoms with Gasteiger partial charge in [-0.2, -0.15) is 0 Å². The van der Waals surface area contributed by atoms with Gasteiger partial charge in [0.05, 0.1) is 6.54 Å². The van der Waals surface area contributed by atoms with E-state index < -0.39 is 0 Å². The van der Waals surface area contributed by atoms with E-state index in [1.807, 2.05) is 13.8 Å². The second kappa shape index (κ2) is 13.2. The van der Waals surface area contributed by atoms with Gasteiger partial charge in [0, 0.05) is 52.2 Å². The highest BCUT2D eigenvalue weighted by Crippen LogP contribution is 2.09. The molecule has 146 valence electrons. The standard InChI is InChI=1S/C16H32N6O2.HI/c1-12(2)15(24)19-7-8-20-16(18-4)21-13-5-9-22(10-6-13)11-14(23)17-3;/h12-13H,5-11H2,1-4H3,(H,17,23)(H,19,24)(H2,18,20,21);1H. The lowest BCUT2D eigenvalue weighted by atomic mass is 10.1. The van der Waals surface area contributed by atoms with Crippen molar-refractivity contribution in [3.05, 3.63) is 0 Å². The fourth-order valence-corrected chi connectivity index (χ4v) is 2.48. The molecule has 2 amide bonds. The third-order valence-electron chi connectivity index (χ3n) is 4.04. The van der Waals surface area contributed by atoms with Crippen LogP contribution in [0.15, 0.2) is 4.99 Å². The Hall–Kier alpha value is -1.10. The van der Waals surface area contributed by atoms with Crippen molar-refractivity contribution in [2.45, 2.75) is 32.7 Å². The van der Waals surface area contributed by atoms with E-state index in [1.54, 1.807) is 14.1 Å². The SMILES string of the molecule is CN=C(NCCNC(=O)C(C)C)NC1CCN(CC(=O)NC)CC1.I. The monoisotopic (exact) mass is 468 g/mol. The fourth-order valence-electron chi connectivity index (χ4n) is 2.48. The van der Waals surface area contributed by atoms with Gasteiger partial charge in [0.1, 0.15) is 0 Å². The zero-order valence-electron chi connectivity index (χ0n) is 15.7. The van der Waals surface area contributed by atoms with Crippen LogP contribution in [0.5, 0.6) is 0 Å². The molecule has 4 N–H and O–H groups in total. The summed E-state index contributed by atoms with van der Waals surface area (Å²) in [6, 6.07) is 0.349. The van der Waals surface area contributed by atoms with Gasteiger partial charge in [-0.25, -0.2) is 0 Å². The molecule has 8 nitrogen and oxygen atoms in total. The highest BCUT2D eigenvalue weighted by Gasteiger charge is 2.21. The Morgan fingerprint density at radius 2 is 1.76 bits per heavy atom. The number of halogens is 1. The van der Waals surface area contributed by atoms with Crippen molar-refractivity contribution in [1.82, 2.24) is 26.2 Å². The molecule has 0 spiro atoms. The number of hydrogen-bond donors (Lipinski definition) is 4. The summed E-state index contributed by atoms with van der Waals surface area (Å²) in [6.45, 7) is 7.21. The Morgan fingerprint density at radius 3 is 2.28 bits per heavy atom. The number of likely N-dealkylation sites (tertiary alicyclic amines) is 1. The Morgan fingerprint density at radius 1 is 1.16 bits per heavy atom. The topological polar surface area (TPSA) is 97.9 Å². The van der Waals surface area contributed by atoms with Crippen molar-refractivity contribution < 1.29 is 9.59 Å². The molecule has 0 atom stereocenters. The molecule has 0 aromatic carbocycles. The predicted octanol–water partition coefficient (Wildman–Crippen LogP) is -0.248. The highest BCUT2D eigenvalue weighted by molar-refractivity contribution is 14.0. The van der Waals surface area contributed by atoms with E-state index in [2.05, 4.69) is 31.2 Å². The number of carbonyl (C=O) groups excluding carboxylic acids is 2. The molecule has 1 saturated heterocycles. The largest absolute Gasteiger partial charge is 0.358 e. The van der Waals surface area contributed by atoms with Crippen molar-refractivity contribution in [3.63, 3.8) is 0 Å². The van der Waals surface area contributed by atoms with E-state index in [4.69, 9.17) is 0 Å². The summed E-state index contributed by atoms with van der Waals surface area (Å²) < 4.78 is 0. The summed E-state index contributed by atoms with van der Waals surface area (Å²) in [6.07, 6.45) is 1.95. The van der Waals surface area contributed by atoms with Crippen LogP contribution in [0.25, 0.3) is 0 Å². The van der Waals surface area contributed by atoms with Crippen molar-refractivity contribution in [2.24, 2.45) is 10.9 Å². The zero-order chi connectivity index (χ0) is 17.9. The van der Waals surface area contributed by atoms with Crippen LogP contribution in [0.4, 0.5) is 0 Å². The lowest BCUT2D eigenvalue weighted by Gasteiger charge is -2.32. The molecule has 0 aromatic rings. The second-order valence-electron chi connectivity index (χ2n) is 6.31. The van der Waals surface area contributed by atoms with Crippen molar-refractivity contribution in [2.75, 3.05) is 46.8 Å². The smallest absolute Gasteiger partial charge is 0.233 e. The number of likely N-dealkylation sites (N-methyl/N-ethyl adjacent to an activating group) is 1. The van der Waals surface area contributed by atoms with Gasteiger partial charge in [-0.3, -0.25) is 19.5 Å². The molecule has 1 rings (SSSR count). The fraction of sp³-hybridized carbons (Fsp3) is 0.812. The molecule has 0 radical (unpaired) electrons. The number of guanidine groups is 1. The molecule has 1 heterocycles. The molecular formula is C16H33IN6O2. The first-order valence-electron chi connectivity index (χ1n) is 8.64. The van der Waals surface area contributed by atoms with Crippen LogP contribution >= 0.6 is 24.0 Å². The van der Waals surface area contributed by atoms with Crippen molar-refractivity contribution in [3.8, 4) is 0 Å². The molecule has 1 aliphatic heterocycles. The quantitative estimate of drug-likeness (QED) is 0.179. The maximum Gasteiger partial charge on any atom is 0.233 e.